The van der Waals surface area contributed by atoms with Crippen LogP contribution in [-0.4, -0.2) is 12.8 Å². The van der Waals surface area contributed by atoms with Crippen LogP contribution in [0.25, 0.3) is 0 Å². The number of dihydropyridines is 1. The highest BCUT2D eigenvalue weighted by Crippen LogP contribution is 2.26. The van der Waals surface area contributed by atoms with E-state index in [2.05, 4.69) is 31.8 Å². The summed E-state index contributed by atoms with van der Waals surface area (Å²) in [5.41, 5.74) is 1.98. The van der Waals surface area contributed by atoms with Crippen LogP contribution in [0.1, 0.15) is 33.6 Å². The predicted octanol–water partition coefficient (Wildman–Crippen LogP) is 2.82. The Balaban J connectivity index is 2.49. The highest BCUT2D eigenvalue weighted by atomic mass is 14.7. The van der Waals surface area contributed by atoms with E-state index in [0.717, 1.165) is 13.0 Å². The molecule has 0 N–H and O–H groups in total. The molecular weight excluding hydrogens is 134 g/mol. The molecule has 1 heterocycles. The molecule has 11 heavy (non-hydrogen) atoms. The maximum absolute atomic E-state index is 4.16. The highest BCUT2D eigenvalue weighted by Gasteiger charge is 2.13. The molecule has 0 amide bonds. The summed E-state index contributed by atoms with van der Waals surface area (Å²) >= 11 is 0. The topological polar surface area (TPSA) is 12.4 Å². The lowest BCUT2D eigenvalue weighted by molar-refractivity contribution is 0.404. The van der Waals surface area contributed by atoms with E-state index in [9.17, 15) is 0 Å². The zero-order valence-corrected chi connectivity index (χ0v) is 7.72. The summed E-state index contributed by atoms with van der Waals surface area (Å²) in [6.07, 6.45) is 6.46. The number of nitrogens with zero attached hydrogens (tertiary/aromatic N) is 1. The van der Waals surface area contributed by atoms with E-state index in [0.29, 0.717) is 5.41 Å². The Morgan fingerprint density at radius 2 is 2.18 bits per heavy atom. The first-order valence-corrected chi connectivity index (χ1v) is 4.26. The van der Waals surface area contributed by atoms with Gasteiger partial charge in [0.15, 0.2) is 0 Å². The molecular formula is C10H17N. The van der Waals surface area contributed by atoms with Crippen molar-refractivity contribution in [1.29, 1.82) is 0 Å². The third-order valence-electron chi connectivity index (χ3n) is 1.74. The van der Waals surface area contributed by atoms with Gasteiger partial charge in [-0.1, -0.05) is 26.3 Å². The molecule has 0 aromatic carbocycles. The van der Waals surface area contributed by atoms with Gasteiger partial charge in [0.2, 0.25) is 0 Å². The monoisotopic (exact) mass is 151 g/mol. The van der Waals surface area contributed by atoms with Crippen molar-refractivity contribution in [1.82, 2.24) is 0 Å². The molecule has 0 aromatic heterocycles. The maximum Gasteiger partial charge on any atom is 0.0426 e. The molecule has 1 nitrogen and oxygen atoms in total. The van der Waals surface area contributed by atoms with Crippen LogP contribution in [0.2, 0.25) is 0 Å². The molecule has 0 saturated heterocycles. The van der Waals surface area contributed by atoms with Gasteiger partial charge in [-0.15, -0.1) is 0 Å². The van der Waals surface area contributed by atoms with Crippen LogP contribution in [-0.2, 0) is 0 Å². The number of hydrogen-bond donors (Lipinski definition) is 0. The zero-order chi connectivity index (χ0) is 8.32. The smallest absolute Gasteiger partial charge is 0.0426 e. The number of allylic oxidation sites excluding steroid dienone is 1. The summed E-state index contributed by atoms with van der Waals surface area (Å²) in [6.45, 7) is 7.82. The average molecular weight is 151 g/mol. The summed E-state index contributed by atoms with van der Waals surface area (Å²) in [5.74, 6) is 0. The molecule has 0 saturated carbocycles. The van der Waals surface area contributed by atoms with Crippen LogP contribution in [0.3, 0.4) is 0 Å². The van der Waals surface area contributed by atoms with E-state index in [1.54, 1.807) is 5.57 Å². The van der Waals surface area contributed by atoms with E-state index >= 15 is 0 Å². The molecule has 0 bridgehead atoms. The van der Waals surface area contributed by atoms with Crippen molar-refractivity contribution in [2.45, 2.75) is 33.6 Å². The summed E-state index contributed by atoms with van der Waals surface area (Å²) < 4.78 is 0. The first-order chi connectivity index (χ1) is 5.08. The largest absolute Gasteiger partial charge is 0.293 e. The second kappa shape index (κ2) is 3.21. The van der Waals surface area contributed by atoms with E-state index in [4.69, 9.17) is 0 Å². The summed E-state index contributed by atoms with van der Waals surface area (Å²) in [6, 6.07) is 0. The Labute approximate surface area is 69.2 Å². The molecule has 1 heteroatoms. The molecule has 0 radical (unpaired) electrons. The lowest BCUT2D eigenvalue weighted by atomic mass is 9.86. The maximum atomic E-state index is 4.16. The second-order valence-electron chi connectivity index (χ2n) is 4.37. The minimum atomic E-state index is 0.428. The van der Waals surface area contributed by atoms with Crippen molar-refractivity contribution in [3.63, 3.8) is 0 Å². The average Bonchev–Trinajstić information content (AvgIpc) is 1.85. The van der Waals surface area contributed by atoms with Gasteiger partial charge < -0.3 is 0 Å². The van der Waals surface area contributed by atoms with Crippen molar-refractivity contribution in [3.05, 3.63) is 11.6 Å². The van der Waals surface area contributed by atoms with Gasteiger partial charge in [0.25, 0.3) is 0 Å². The summed E-state index contributed by atoms with van der Waals surface area (Å²) in [4.78, 5) is 4.16. The van der Waals surface area contributed by atoms with Crippen LogP contribution in [0, 0.1) is 5.41 Å². The van der Waals surface area contributed by atoms with E-state index in [-0.39, 0.29) is 0 Å². The van der Waals surface area contributed by atoms with E-state index < -0.39 is 0 Å². The van der Waals surface area contributed by atoms with Crippen LogP contribution < -0.4 is 0 Å². The fourth-order valence-electron chi connectivity index (χ4n) is 1.35. The number of hydrogen-bond acceptors (Lipinski definition) is 1. The normalized spacial score (nSPS) is 18.3. The Hall–Kier alpha value is -0.590. The lowest BCUT2D eigenvalue weighted by Crippen LogP contribution is -2.08. The van der Waals surface area contributed by atoms with Crippen LogP contribution >= 0.6 is 0 Å². The Morgan fingerprint density at radius 1 is 1.45 bits per heavy atom. The number of aliphatic imine (C=N–C) groups is 1. The van der Waals surface area contributed by atoms with E-state index in [1.807, 2.05) is 6.21 Å². The molecule has 0 aromatic rings. The number of rotatable bonds is 1. The van der Waals surface area contributed by atoms with Gasteiger partial charge in [0, 0.05) is 12.8 Å². The molecule has 1 aliphatic heterocycles. The highest BCUT2D eigenvalue weighted by molar-refractivity contribution is 5.73. The Kier molecular flexibility index (Phi) is 2.48. The lowest BCUT2D eigenvalue weighted by Gasteiger charge is -2.20. The second-order valence-corrected chi connectivity index (χ2v) is 4.37. The van der Waals surface area contributed by atoms with Gasteiger partial charge in [0.05, 0.1) is 0 Å². The first kappa shape index (κ1) is 8.51. The fraction of sp³-hybridized carbons (Fsp3) is 0.700. The van der Waals surface area contributed by atoms with Crippen LogP contribution in [0.15, 0.2) is 16.6 Å². The quantitative estimate of drug-likeness (QED) is 0.546. The van der Waals surface area contributed by atoms with Crippen molar-refractivity contribution in [3.8, 4) is 0 Å². The molecule has 0 spiro atoms. The first-order valence-electron chi connectivity index (χ1n) is 4.26. The van der Waals surface area contributed by atoms with Gasteiger partial charge in [-0.25, -0.2) is 0 Å². The summed E-state index contributed by atoms with van der Waals surface area (Å²) in [7, 11) is 0. The van der Waals surface area contributed by atoms with Crippen LogP contribution in [0.4, 0.5) is 0 Å². The minimum Gasteiger partial charge on any atom is -0.293 e. The SMILES string of the molecule is CC(C)(C)CC1=CC=NCC1. The van der Waals surface area contributed by atoms with Crippen molar-refractivity contribution in [2.75, 3.05) is 6.54 Å². The summed E-state index contributed by atoms with van der Waals surface area (Å²) in [5, 5.41) is 0. The minimum absolute atomic E-state index is 0.428. The zero-order valence-electron chi connectivity index (χ0n) is 7.72. The Morgan fingerprint density at radius 3 is 2.64 bits per heavy atom. The molecule has 1 rings (SSSR count). The molecule has 0 aliphatic carbocycles. The standard InChI is InChI=1S/C10H17N/c1-10(2,3)8-9-4-6-11-7-5-9/h4,6H,5,7-8H2,1-3H3. The fourth-order valence-corrected chi connectivity index (χ4v) is 1.35. The molecule has 0 atom stereocenters. The molecule has 0 unspecified atom stereocenters. The van der Waals surface area contributed by atoms with E-state index in [1.165, 1.54) is 6.42 Å². The predicted molar refractivity (Wildman–Crippen MR) is 50.1 cm³/mol. The van der Waals surface area contributed by atoms with Gasteiger partial charge in [-0.3, -0.25) is 4.99 Å². The van der Waals surface area contributed by atoms with Crippen molar-refractivity contribution in [2.24, 2.45) is 10.4 Å². The van der Waals surface area contributed by atoms with Crippen molar-refractivity contribution >= 4 is 6.21 Å². The van der Waals surface area contributed by atoms with Gasteiger partial charge in [0.1, 0.15) is 0 Å². The van der Waals surface area contributed by atoms with Gasteiger partial charge in [-0.2, -0.15) is 0 Å². The molecule has 62 valence electrons. The van der Waals surface area contributed by atoms with Gasteiger partial charge in [-0.05, 0) is 24.3 Å². The third-order valence-corrected chi connectivity index (χ3v) is 1.74. The van der Waals surface area contributed by atoms with Gasteiger partial charge >= 0.3 is 0 Å². The van der Waals surface area contributed by atoms with Crippen LogP contribution in [0.5, 0.6) is 0 Å². The van der Waals surface area contributed by atoms with Crippen molar-refractivity contribution < 1.29 is 0 Å². The molecule has 1 aliphatic rings. The Bertz CT molecular complexity index is 182. The molecule has 0 fully saturated rings. The third kappa shape index (κ3) is 3.35.